The van der Waals surface area contributed by atoms with Gasteiger partial charge in [0.1, 0.15) is 5.82 Å². The summed E-state index contributed by atoms with van der Waals surface area (Å²) in [6.07, 6.45) is 5.88. The van der Waals surface area contributed by atoms with Gasteiger partial charge < -0.3 is 9.47 Å². The Hall–Kier alpha value is -3.00. The Morgan fingerprint density at radius 1 is 1.19 bits per heavy atom. The van der Waals surface area contributed by atoms with Crippen molar-refractivity contribution in [3.05, 3.63) is 65.8 Å². The fraction of sp³-hybridized carbons (Fsp3) is 0.478. The van der Waals surface area contributed by atoms with E-state index in [-0.39, 0.29) is 17.2 Å². The first kappa shape index (κ1) is 18.7. The molecule has 0 bridgehead atoms. The van der Waals surface area contributed by atoms with E-state index < -0.39 is 0 Å². The second kappa shape index (κ2) is 7.02. The van der Waals surface area contributed by atoms with Gasteiger partial charge in [0.2, 0.25) is 0 Å². The third kappa shape index (κ3) is 3.26. The molecule has 8 heteroatoms. The normalized spacial score (nSPS) is 22.7. The molecule has 1 aromatic carbocycles. The minimum absolute atomic E-state index is 0.00891. The van der Waals surface area contributed by atoms with Gasteiger partial charge in [0.15, 0.2) is 11.6 Å². The van der Waals surface area contributed by atoms with Crippen molar-refractivity contribution >= 4 is 5.91 Å². The van der Waals surface area contributed by atoms with Crippen molar-refractivity contribution in [1.82, 2.24) is 34.5 Å². The predicted octanol–water partition coefficient (Wildman–Crippen LogP) is 2.16. The highest BCUT2D eigenvalue weighted by Gasteiger charge is 2.57. The quantitative estimate of drug-likeness (QED) is 0.688. The Bertz CT molecular complexity index is 1090. The number of imidazole rings is 1. The van der Waals surface area contributed by atoms with Crippen LogP contribution in [0.5, 0.6) is 0 Å². The van der Waals surface area contributed by atoms with E-state index in [1.807, 2.05) is 18.1 Å². The molecule has 1 amide bonds. The summed E-state index contributed by atoms with van der Waals surface area (Å²) in [6.45, 7) is 4.26. The van der Waals surface area contributed by atoms with Gasteiger partial charge in [-0.05, 0) is 18.4 Å². The molecule has 1 spiro atoms. The molecule has 3 fully saturated rings. The summed E-state index contributed by atoms with van der Waals surface area (Å²) in [5, 5.41) is 7.76. The molecule has 1 unspecified atom stereocenters. The van der Waals surface area contributed by atoms with E-state index in [0.29, 0.717) is 11.7 Å². The molecule has 160 valence electrons. The maximum Gasteiger partial charge on any atom is 0.289 e. The fourth-order valence-electron chi connectivity index (χ4n) is 5.27. The molecule has 4 heterocycles. The van der Waals surface area contributed by atoms with Crippen LogP contribution in [0.25, 0.3) is 0 Å². The number of hydrogen-bond acceptors (Lipinski definition) is 5. The van der Waals surface area contributed by atoms with Crippen LogP contribution in [-0.2, 0) is 13.6 Å². The van der Waals surface area contributed by atoms with E-state index in [0.717, 1.165) is 44.4 Å². The van der Waals surface area contributed by atoms with Crippen LogP contribution >= 0.6 is 0 Å². The smallest absolute Gasteiger partial charge is 0.289 e. The number of aromatic amines is 1. The first-order valence-corrected chi connectivity index (χ1v) is 11.1. The molecule has 2 aliphatic heterocycles. The number of likely N-dealkylation sites (tertiary alicyclic amines) is 2. The van der Waals surface area contributed by atoms with Crippen molar-refractivity contribution < 1.29 is 4.79 Å². The molecule has 1 atom stereocenters. The zero-order valence-corrected chi connectivity index (χ0v) is 17.7. The Morgan fingerprint density at radius 2 is 2.00 bits per heavy atom. The maximum atomic E-state index is 13.0. The second-order valence-corrected chi connectivity index (χ2v) is 9.45. The average molecular weight is 418 g/mol. The highest BCUT2D eigenvalue weighted by atomic mass is 16.2. The minimum Gasteiger partial charge on any atom is -0.335 e. The maximum absolute atomic E-state index is 13.0. The Labute approximate surface area is 181 Å². The zero-order chi connectivity index (χ0) is 21.0. The number of hydrogen-bond donors (Lipinski definition) is 1. The van der Waals surface area contributed by atoms with Gasteiger partial charge in [0.05, 0.1) is 0 Å². The van der Waals surface area contributed by atoms with Crippen LogP contribution in [0.1, 0.15) is 52.5 Å². The highest BCUT2D eigenvalue weighted by molar-refractivity contribution is 5.91. The molecule has 31 heavy (non-hydrogen) atoms. The van der Waals surface area contributed by atoms with Crippen LogP contribution in [-0.4, -0.2) is 66.6 Å². The highest BCUT2D eigenvalue weighted by Crippen LogP contribution is 2.49. The lowest BCUT2D eigenvalue weighted by Gasteiger charge is -2.50. The molecule has 1 N–H and O–H groups in total. The summed E-state index contributed by atoms with van der Waals surface area (Å²) < 4.78 is 1.79. The van der Waals surface area contributed by atoms with E-state index in [4.69, 9.17) is 4.98 Å². The number of amides is 1. The van der Waals surface area contributed by atoms with E-state index in [1.165, 1.54) is 18.4 Å². The summed E-state index contributed by atoms with van der Waals surface area (Å²) >= 11 is 0. The van der Waals surface area contributed by atoms with E-state index in [1.54, 1.807) is 10.8 Å². The lowest BCUT2D eigenvalue weighted by Crippen LogP contribution is -2.61. The van der Waals surface area contributed by atoms with Crippen LogP contribution in [0.15, 0.2) is 42.7 Å². The summed E-state index contributed by atoms with van der Waals surface area (Å²) in [7, 11) is 1.86. The van der Waals surface area contributed by atoms with Crippen LogP contribution in [0.2, 0.25) is 0 Å². The number of aryl methyl sites for hydroxylation is 1. The number of nitrogens with zero attached hydrogens (tertiary/aromatic N) is 6. The van der Waals surface area contributed by atoms with E-state index in [9.17, 15) is 4.79 Å². The monoisotopic (exact) mass is 417 g/mol. The molecule has 1 saturated carbocycles. The summed E-state index contributed by atoms with van der Waals surface area (Å²) in [4.78, 5) is 26.5. The van der Waals surface area contributed by atoms with Crippen LogP contribution < -0.4 is 0 Å². The van der Waals surface area contributed by atoms with Crippen LogP contribution in [0.4, 0.5) is 0 Å². The van der Waals surface area contributed by atoms with Gasteiger partial charge in [0.25, 0.3) is 5.91 Å². The number of nitrogens with one attached hydrogen (secondary N) is 1. The molecule has 6 rings (SSSR count). The lowest BCUT2D eigenvalue weighted by molar-refractivity contribution is 0.000644. The Kier molecular flexibility index (Phi) is 4.24. The Balaban J connectivity index is 1.24. The third-order valence-electron chi connectivity index (χ3n) is 7.07. The topological polar surface area (TPSA) is 82.9 Å². The number of carbonyl (C=O) groups excluding carboxylic acids is 1. The van der Waals surface area contributed by atoms with Crippen molar-refractivity contribution in [2.45, 2.75) is 31.2 Å². The molecule has 8 nitrogen and oxygen atoms in total. The lowest BCUT2D eigenvalue weighted by atomic mass is 9.71. The fourth-order valence-corrected chi connectivity index (χ4v) is 5.27. The van der Waals surface area contributed by atoms with Gasteiger partial charge in [-0.3, -0.25) is 14.8 Å². The SMILES string of the molecule is Cn1ccnc1C(=O)N1CC2(CN(Cc3ccccc3)CC2c2nc(C3CC3)n[nH]2)C1. The van der Waals surface area contributed by atoms with E-state index in [2.05, 4.69) is 50.4 Å². The molecule has 2 aromatic heterocycles. The number of rotatable bonds is 5. The van der Waals surface area contributed by atoms with Gasteiger partial charge >= 0.3 is 0 Å². The molecule has 0 radical (unpaired) electrons. The van der Waals surface area contributed by atoms with Crippen molar-refractivity contribution in [3.8, 4) is 0 Å². The number of H-pyrrole nitrogens is 1. The molecular formula is C23H27N7O. The molecule has 3 aliphatic rings. The van der Waals surface area contributed by atoms with Crippen molar-refractivity contribution in [2.75, 3.05) is 26.2 Å². The van der Waals surface area contributed by atoms with E-state index >= 15 is 0 Å². The molecular weight excluding hydrogens is 390 g/mol. The summed E-state index contributed by atoms with van der Waals surface area (Å²) in [6, 6.07) is 10.6. The van der Waals surface area contributed by atoms with Crippen molar-refractivity contribution in [2.24, 2.45) is 12.5 Å². The first-order chi connectivity index (χ1) is 15.1. The first-order valence-electron chi connectivity index (χ1n) is 11.1. The number of benzene rings is 1. The second-order valence-electron chi connectivity index (χ2n) is 9.45. The van der Waals surface area contributed by atoms with Crippen LogP contribution in [0, 0.1) is 5.41 Å². The van der Waals surface area contributed by atoms with Gasteiger partial charge in [-0.15, -0.1) is 0 Å². The van der Waals surface area contributed by atoms with Crippen molar-refractivity contribution in [1.29, 1.82) is 0 Å². The summed E-state index contributed by atoms with van der Waals surface area (Å²) in [5.41, 5.74) is 1.32. The largest absolute Gasteiger partial charge is 0.335 e. The molecule has 2 saturated heterocycles. The number of aromatic nitrogens is 5. The third-order valence-corrected chi connectivity index (χ3v) is 7.07. The standard InChI is InChI=1S/C23H27N7O/c1-28-10-9-24-21(28)22(31)30-14-23(15-30)13-29(11-16-5-3-2-4-6-16)12-18(23)20-25-19(26-27-20)17-7-8-17/h2-6,9-10,17-18H,7-8,11-15H2,1H3,(H,25,26,27). The average Bonchev–Trinajstić information content (AvgIpc) is 3.15. The summed E-state index contributed by atoms with van der Waals surface area (Å²) in [5.74, 6) is 3.25. The van der Waals surface area contributed by atoms with Gasteiger partial charge in [-0.1, -0.05) is 30.3 Å². The zero-order valence-electron chi connectivity index (χ0n) is 17.7. The Morgan fingerprint density at radius 3 is 2.71 bits per heavy atom. The van der Waals surface area contributed by atoms with Crippen molar-refractivity contribution in [3.63, 3.8) is 0 Å². The molecule has 3 aromatic rings. The minimum atomic E-state index is 0.00891. The molecule has 1 aliphatic carbocycles. The van der Waals surface area contributed by atoms with Crippen LogP contribution in [0.3, 0.4) is 0 Å². The number of carbonyl (C=O) groups is 1. The van der Waals surface area contributed by atoms with Gasteiger partial charge in [-0.2, -0.15) is 5.10 Å². The predicted molar refractivity (Wildman–Crippen MR) is 114 cm³/mol. The van der Waals surface area contributed by atoms with Gasteiger partial charge in [0, 0.05) is 69.4 Å². The van der Waals surface area contributed by atoms with Gasteiger partial charge in [-0.25, -0.2) is 9.97 Å².